The van der Waals surface area contributed by atoms with Gasteiger partial charge in [-0.3, -0.25) is 19.3 Å². The van der Waals surface area contributed by atoms with Crippen molar-refractivity contribution >= 4 is 23.4 Å². The van der Waals surface area contributed by atoms with Crippen molar-refractivity contribution in [2.24, 2.45) is 11.8 Å². The van der Waals surface area contributed by atoms with Crippen LogP contribution in [0.15, 0.2) is 60.7 Å². The third-order valence-electron chi connectivity index (χ3n) is 8.85. The van der Waals surface area contributed by atoms with Crippen molar-refractivity contribution in [3.63, 3.8) is 0 Å². The van der Waals surface area contributed by atoms with Crippen molar-refractivity contribution < 1.29 is 29.0 Å². The number of fused-ring (bicyclic) bond motifs is 1. The van der Waals surface area contributed by atoms with Crippen molar-refractivity contribution in [3.05, 3.63) is 66.2 Å². The van der Waals surface area contributed by atoms with Crippen LogP contribution in [0.1, 0.15) is 24.4 Å². The van der Waals surface area contributed by atoms with Gasteiger partial charge in [-0.1, -0.05) is 48.5 Å². The molecule has 6 atom stereocenters. The Labute approximate surface area is 233 Å². The molecule has 10 heteroatoms. The van der Waals surface area contributed by atoms with E-state index in [0.717, 1.165) is 18.7 Å². The average molecular weight is 549 g/mol. The minimum Gasteiger partial charge on any atom is -0.394 e. The fraction of sp³-hybridized carbons (Fsp3) is 0.500. The number of carbonyl (C=O) groups is 3. The van der Waals surface area contributed by atoms with Gasteiger partial charge in [-0.2, -0.15) is 0 Å². The summed E-state index contributed by atoms with van der Waals surface area (Å²) in [6.07, 6.45) is 0.624. The molecule has 3 N–H and O–H groups in total. The Morgan fingerprint density at radius 2 is 1.73 bits per heavy atom. The highest BCUT2D eigenvalue weighted by molar-refractivity contribution is 6.02. The molecule has 0 saturated carbocycles. The minimum absolute atomic E-state index is 0.287. The molecule has 0 aliphatic carbocycles. The van der Waals surface area contributed by atoms with Gasteiger partial charge in [0.25, 0.3) is 0 Å². The first-order valence-electron chi connectivity index (χ1n) is 14.1. The summed E-state index contributed by atoms with van der Waals surface area (Å²) in [6, 6.07) is 16.6. The van der Waals surface area contributed by atoms with Gasteiger partial charge in [0.2, 0.25) is 17.7 Å². The highest BCUT2D eigenvalue weighted by atomic mass is 16.5. The SMILES string of the molecule is O=C(NCCN1CCOCC1)C1N([C@H](CO)c2ccccc2)C(=O)[C@@H]2[C@@H](C(=O)Nc3ccccc3)[C@H]3CCC12O3. The minimum atomic E-state index is -1.13. The Morgan fingerprint density at radius 1 is 1.02 bits per heavy atom. The first-order chi connectivity index (χ1) is 19.5. The van der Waals surface area contributed by atoms with Gasteiger partial charge in [-0.25, -0.2) is 0 Å². The number of aliphatic hydroxyl groups excluding tert-OH is 1. The smallest absolute Gasteiger partial charge is 0.245 e. The number of hydrogen-bond acceptors (Lipinski definition) is 7. The van der Waals surface area contributed by atoms with Crippen molar-refractivity contribution in [2.75, 3.05) is 51.3 Å². The third kappa shape index (κ3) is 4.68. The van der Waals surface area contributed by atoms with Crippen molar-refractivity contribution in [3.8, 4) is 0 Å². The molecule has 3 amide bonds. The van der Waals surface area contributed by atoms with Crippen molar-refractivity contribution in [1.29, 1.82) is 0 Å². The number of carbonyl (C=O) groups excluding carboxylic acids is 3. The van der Waals surface area contributed by atoms with Crippen LogP contribution in [0.25, 0.3) is 0 Å². The molecule has 2 aromatic rings. The molecule has 4 aliphatic rings. The molecule has 40 heavy (non-hydrogen) atoms. The summed E-state index contributed by atoms with van der Waals surface area (Å²) >= 11 is 0. The quantitative estimate of drug-likeness (QED) is 0.431. The normalized spacial score (nSPS) is 30.2. The average Bonchev–Trinajstić information content (AvgIpc) is 3.63. The number of para-hydroxylation sites is 1. The number of ether oxygens (including phenoxy) is 2. The molecule has 4 fully saturated rings. The molecular formula is C30H36N4O6. The number of rotatable bonds is 9. The number of likely N-dealkylation sites (tertiary alicyclic amines) is 1. The topological polar surface area (TPSA) is 120 Å². The molecule has 2 unspecified atom stereocenters. The van der Waals surface area contributed by atoms with Crippen LogP contribution in [0.4, 0.5) is 5.69 Å². The maximum Gasteiger partial charge on any atom is 0.245 e. The van der Waals surface area contributed by atoms with E-state index in [4.69, 9.17) is 9.47 Å². The highest BCUT2D eigenvalue weighted by Gasteiger charge is 2.75. The van der Waals surface area contributed by atoms with Crippen molar-refractivity contribution in [1.82, 2.24) is 15.1 Å². The summed E-state index contributed by atoms with van der Waals surface area (Å²) < 4.78 is 11.9. The van der Waals surface area contributed by atoms with Gasteiger partial charge >= 0.3 is 0 Å². The molecule has 1 spiro atoms. The number of anilines is 1. The summed E-state index contributed by atoms with van der Waals surface area (Å²) in [7, 11) is 0. The Bertz CT molecular complexity index is 1220. The largest absolute Gasteiger partial charge is 0.394 e. The number of aliphatic hydroxyl groups is 1. The lowest BCUT2D eigenvalue weighted by Crippen LogP contribution is -2.57. The van der Waals surface area contributed by atoms with E-state index in [0.29, 0.717) is 44.8 Å². The maximum absolute atomic E-state index is 14.3. The predicted octanol–water partition coefficient (Wildman–Crippen LogP) is 1.18. The van der Waals surface area contributed by atoms with Gasteiger partial charge in [-0.05, 0) is 30.5 Å². The fourth-order valence-electron chi connectivity index (χ4n) is 7.06. The second kappa shape index (κ2) is 11.3. The van der Waals surface area contributed by atoms with Crippen LogP contribution in [0, 0.1) is 11.8 Å². The summed E-state index contributed by atoms with van der Waals surface area (Å²) in [5.41, 5.74) is 0.230. The Balaban J connectivity index is 1.30. The van der Waals surface area contributed by atoms with Crippen LogP contribution >= 0.6 is 0 Å². The van der Waals surface area contributed by atoms with Crippen LogP contribution in [0.3, 0.4) is 0 Å². The molecule has 0 aromatic heterocycles. The van der Waals surface area contributed by atoms with Gasteiger partial charge in [0.05, 0.1) is 43.8 Å². The number of amides is 3. The van der Waals surface area contributed by atoms with Crippen LogP contribution in [0.5, 0.6) is 0 Å². The molecule has 0 radical (unpaired) electrons. The van der Waals surface area contributed by atoms with Crippen LogP contribution in [-0.4, -0.2) is 96.4 Å². The second-order valence-electron chi connectivity index (χ2n) is 11.0. The van der Waals surface area contributed by atoms with E-state index < -0.39 is 35.6 Å². The molecule has 2 bridgehead atoms. The Hall–Kier alpha value is -3.31. The molecule has 10 nitrogen and oxygen atoms in total. The van der Waals surface area contributed by atoms with E-state index in [1.165, 1.54) is 4.90 Å². The molecule has 4 heterocycles. The molecule has 4 saturated heterocycles. The van der Waals surface area contributed by atoms with Crippen LogP contribution in [-0.2, 0) is 23.9 Å². The second-order valence-corrected chi connectivity index (χ2v) is 11.0. The number of benzene rings is 2. The number of morpholine rings is 1. The van der Waals surface area contributed by atoms with E-state index >= 15 is 0 Å². The summed E-state index contributed by atoms with van der Waals surface area (Å²) in [4.78, 5) is 45.6. The Morgan fingerprint density at radius 3 is 2.42 bits per heavy atom. The third-order valence-corrected chi connectivity index (χ3v) is 8.85. The molecule has 6 rings (SSSR count). The lowest BCUT2D eigenvalue weighted by atomic mass is 9.70. The van der Waals surface area contributed by atoms with Gasteiger partial charge in [0.15, 0.2) is 0 Å². The lowest BCUT2D eigenvalue weighted by molar-refractivity contribution is -0.145. The molecular weight excluding hydrogens is 512 g/mol. The van der Waals surface area contributed by atoms with Crippen LogP contribution < -0.4 is 10.6 Å². The lowest BCUT2D eigenvalue weighted by Gasteiger charge is -2.37. The molecule has 2 aromatic carbocycles. The van der Waals surface area contributed by atoms with Gasteiger partial charge in [0.1, 0.15) is 11.6 Å². The summed E-state index contributed by atoms with van der Waals surface area (Å²) in [5.74, 6) is -2.48. The summed E-state index contributed by atoms with van der Waals surface area (Å²) in [6.45, 7) is 3.66. The van der Waals surface area contributed by atoms with E-state index in [2.05, 4.69) is 15.5 Å². The van der Waals surface area contributed by atoms with Crippen molar-refractivity contribution in [2.45, 2.75) is 36.6 Å². The number of nitrogens with zero attached hydrogens (tertiary/aromatic N) is 2. The van der Waals surface area contributed by atoms with E-state index in [1.807, 2.05) is 48.5 Å². The zero-order valence-electron chi connectivity index (χ0n) is 22.4. The predicted molar refractivity (Wildman–Crippen MR) is 146 cm³/mol. The Kier molecular flexibility index (Phi) is 7.59. The molecule has 4 aliphatic heterocycles. The van der Waals surface area contributed by atoms with Gasteiger partial charge < -0.3 is 30.1 Å². The first-order valence-corrected chi connectivity index (χ1v) is 14.1. The standard InChI is InChI=1S/C30H36N4O6/c35-19-22(20-7-3-1-4-8-20)34-26(28(37)31-13-14-33-15-17-39-18-16-33)30-12-11-23(40-30)24(25(30)29(34)38)27(36)32-21-9-5-2-6-10-21/h1-10,22-26,35H,11-19H2,(H,31,37)(H,32,36)/t22-,23-,24+,25+,26?,30?/m1/s1. The monoisotopic (exact) mass is 548 g/mol. The summed E-state index contributed by atoms with van der Waals surface area (Å²) in [5, 5.41) is 16.5. The number of nitrogens with one attached hydrogen (secondary N) is 2. The number of hydrogen-bond donors (Lipinski definition) is 3. The fourth-order valence-corrected chi connectivity index (χ4v) is 7.06. The zero-order valence-corrected chi connectivity index (χ0v) is 22.4. The van der Waals surface area contributed by atoms with E-state index in [1.54, 1.807) is 12.1 Å². The first kappa shape index (κ1) is 26.9. The highest BCUT2D eigenvalue weighted by Crippen LogP contribution is 2.59. The van der Waals surface area contributed by atoms with E-state index in [-0.39, 0.29) is 24.3 Å². The van der Waals surface area contributed by atoms with Gasteiger partial charge in [0, 0.05) is 31.9 Å². The zero-order chi connectivity index (χ0) is 27.7. The van der Waals surface area contributed by atoms with Crippen LogP contribution in [0.2, 0.25) is 0 Å². The van der Waals surface area contributed by atoms with Gasteiger partial charge in [-0.15, -0.1) is 0 Å². The van der Waals surface area contributed by atoms with E-state index in [9.17, 15) is 19.5 Å². The molecule has 212 valence electrons. The maximum atomic E-state index is 14.3.